The van der Waals surface area contributed by atoms with Gasteiger partial charge >= 0.3 is 6.18 Å². The molecular weight excluding hydrogens is 285 g/mol. The highest BCUT2D eigenvalue weighted by atomic mass is 19.4. The summed E-state index contributed by atoms with van der Waals surface area (Å²) in [6.07, 6.45) is -3.06. The monoisotopic (exact) mass is 304 g/mol. The van der Waals surface area contributed by atoms with Gasteiger partial charge in [-0.05, 0) is 13.8 Å². The number of hydrazine groups is 1. The van der Waals surface area contributed by atoms with Crippen LogP contribution in [0.5, 0.6) is 0 Å². The van der Waals surface area contributed by atoms with Crippen LogP contribution in [0.2, 0.25) is 0 Å². The van der Waals surface area contributed by atoms with E-state index in [0.29, 0.717) is 11.8 Å². The van der Waals surface area contributed by atoms with Crippen LogP contribution in [0.4, 0.5) is 13.2 Å². The van der Waals surface area contributed by atoms with Gasteiger partial charge in [0.15, 0.2) is 5.78 Å². The van der Waals surface area contributed by atoms with Gasteiger partial charge in [0, 0.05) is 34.4 Å². The summed E-state index contributed by atoms with van der Waals surface area (Å²) in [6.45, 7) is 8.47. The van der Waals surface area contributed by atoms with Crippen LogP contribution < -0.4 is 10.9 Å². The van der Waals surface area contributed by atoms with Crippen molar-refractivity contribution >= 4 is 11.6 Å². The Bertz CT molecular complexity index is 477. The van der Waals surface area contributed by atoms with Crippen LogP contribution in [0, 0.1) is 10.8 Å². The zero-order valence-corrected chi connectivity index (χ0v) is 12.6. The quantitative estimate of drug-likeness (QED) is 0.770. The summed E-state index contributed by atoms with van der Waals surface area (Å²) in [7, 11) is 0. The van der Waals surface area contributed by atoms with Gasteiger partial charge < -0.3 is 10.9 Å². The minimum atomic E-state index is -4.92. The molecule has 0 aliphatic carbocycles. The van der Waals surface area contributed by atoms with E-state index in [1.165, 1.54) is 6.08 Å². The van der Waals surface area contributed by atoms with E-state index >= 15 is 0 Å². The van der Waals surface area contributed by atoms with Crippen molar-refractivity contribution in [3.8, 4) is 0 Å². The molecule has 0 atom stereocenters. The van der Waals surface area contributed by atoms with Crippen molar-refractivity contribution in [3.05, 3.63) is 23.5 Å². The van der Waals surface area contributed by atoms with Gasteiger partial charge in [-0.2, -0.15) is 13.2 Å². The lowest BCUT2D eigenvalue weighted by Crippen LogP contribution is -2.25. The van der Waals surface area contributed by atoms with Crippen LogP contribution >= 0.6 is 0 Å². The summed E-state index contributed by atoms with van der Waals surface area (Å²) >= 11 is 0. The number of allylic oxidation sites excluding steroid dienone is 2. The molecule has 1 rings (SSSR count). The van der Waals surface area contributed by atoms with Crippen molar-refractivity contribution in [2.75, 3.05) is 0 Å². The second kappa shape index (κ2) is 5.20. The molecule has 0 saturated carbocycles. The molecular formula is C14H19F3N2O2. The molecule has 7 heteroatoms. The third-order valence-corrected chi connectivity index (χ3v) is 3.25. The molecule has 4 nitrogen and oxygen atoms in total. The number of ketones is 2. The summed E-state index contributed by atoms with van der Waals surface area (Å²) in [6, 6.07) is 0. The van der Waals surface area contributed by atoms with Crippen molar-refractivity contribution in [2.45, 2.75) is 40.8 Å². The molecule has 0 aromatic heterocycles. The van der Waals surface area contributed by atoms with Gasteiger partial charge in [0.2, 0.25) is 0 Å². The normalized spacial score (nSPS) is 22.1. The third kappa shape index (κ3) is 3.86. The van der Waals surface area contributed by atoms with Gasteiger partial charge in [0.1, 0.15) is 0 Å². The van der Waals surface area contributed by atoms with Gasteiger partial charge in [-0.3, -0.25) is 9.59 Å². The standard InChI is InChI=1S/C14H19F3N2O2/c1-12(2,3)10(20)6-8-13(4,5)9(19-18-8)7-11(21)14(15,16)17/h6-7,18-19H,1-5H3/b8-6-,9-7-. The number of carbonyl (C=O) groups excluding carboxylic acids is 2. The molecule has 21 heavy (non-hydrogen) atoms. The van der Waals surface area contributed by atoms with E-state index in [1.54, 1.807) is 34.6 Å². The molecule has 0 aromatic carbocycles. The van der Waals surface area contributed by atoms with Crippen LogP contribution in [0.1, 0.15) is 34.6 Å². The second-order valence-electron chi connectivity index (χ2n) is 6.47. The highest BCUT2D eigenvalue weighted by Crippen LogP contribution is 2.36. The van der Waals surface area contributed by atoms with Crippen molar-refractivity contribution in [1.29, 1.82) is 0 Å². The average Bonchev–Trinajstić information content (AvgIpc) is 2.53. The topological polar surface area (TPSA) is 58.2 Å². The van der Waals surface area contributed by atoms with E-state index in [2.05, 4.69) is 10.9 Å². The molecule has 0 unspecified atom stereocenters. The molecule has 1 aliphatic rings. The van der Waals surface area contributed by atoms with Crippen molar-refractivity contribution in [2.24, 2.45) is 10.8 Å². The number of alkyl halides is 3. The predicted octanol–water partition coefficient (Wildman–Crippen LogP) is 2.63. The van der Waals surface area contributed by atoms with E-state index in [-0.39, 0.29) is 11.5 Å². The Morgan fingerprint density at radius 1 is 0.952 bits per heavy atom. The van der Waals surface area contributed by atoms with E-state index in [1.807, 2.05) is 0 Å². The number of halogens is 3. The summed E-state index contributed by atoms with van der Waals surface area (Å²) in [4.78, 5) is 23.0. The first-order valence-corrected chi connectivity index (χ1v) is 6.38. The van der Waals surface area contributed by atoms with Gasteiger partial charge in [-0.15, -0.1) is 0 Å². The lowest BCUT2D eigenvalue weighted by Gasteiger charge is -2.20. The minimum Gasteiger partial charge on any atom is -0.304 e. The Balaban J connectivity index is 3.09. The first kappa shape index (κ1) is 17.3. The van der Waals surface area contributed by atoms with Crippen LogP contribution in [0.3, 0.4) is 0 Å². The number of hydrogen-bond donors (Lipinski definition) is 2. The van der Waals surface area contributed by atoms with Gasteiger partial charge in [0.25, 0.3) is 5.78 Å². The Morgan fingerprint density at radius 3 is 1.67 bits per heavy atom. The SMILES string of the molecule is CC(C)(C)C(=O)/C=C1\NN/C(=C\C(=O)C(F)(F)F)C1(C)C. The Labute approximate surface area is 121 Å². The van der Waals surface area contributed by atoms with Crippen LogP contribution in [-0.4, -0.2) is 17.7 Å². The molecule has 0 amide bonds. The van der Waals surface area contributed by atoms with Crippen molar-refractivity contribution < 1.29 is 22.8 Å². The number of nitrogens with one attached hydrogen (secondary N) is 2. The molecule has 1 aliphatic heterocycles. The summed E-state index contributed by atoms with van der Waals surface area (Å²) in [5.74, 6) is -2.11. The Morgan fingerprint density at radius 2 is 1.33 bits per heavy atom. The zero-order valence-electron chi connectivity index (χ0n) is 12.6. The van der Waals surface area contributed by atoms with Gasteiger partial charge in [0.05, 0.1) is 0 Å². The first-order chi connectivity index (χ1) is 9.26. The molecule has 1 heterocycles. The number of carbonyl (C=O) groups is 2. The zero-order chi connectivity index (χ0) is 16.6. The largest absolute Gasteiger partial charge is 0.454 e. The lowest BCUT2D eigenvalue weighted by atomic mass is 9.83. The second-order valence-corrected chi connectivity index (χ2v) is 6.47. The summed E-state index contributed by atoms with van der Waals surface area (Å²) in [5, 5.41) is 0. The van der Waals surface area contributed by atoms with Crippen LogP contribution in [-0.2, 0) is 9.59 Å². The van der Waals surface area contributed by atoms with Crippen molar-refractivity contribution in [1.82, 2.24) is 10.9 Å². The van der Waals surface area contributed by atoms with E-state index in [4.69, 9.17) is 0 Å². The average molecular weight is 304 g/mol. The van der Waals surface area contributed by atoms with E-state index in [0.717, 1.165) is 0 Å². The molecule has 118 valence electrons. The molecule has 1 fully saturated rings. The maximum absolute atomic E-state index is 12.3. The molecule has 0 bridgehead atoms. The molecule has 0 spiro atoms. The maximum atomic E-state index is 12.3. The fourth-order valence-corrected chi connectivity index (χ4v) is 1.59. The van der Waals surface area contributed by atoms with Gasteiger partial charge in [-0.25, -0.2) is 0 Å². The van der Waals surface area contributed by atoms with Crippen molar-refractivity contribution in [3.63, 3.8) is 0 Å². The molecule has 1 saturated heterocycles. The highest BCUT2D eigenvalue weighted by molar-refractivity contribution is 5.96. The lowest BCUT2D eigenvalue weighted by molar-refractivity contribution is -0.165. The molecule has 0 radical (unpaired) electrons. The third-order valence-electron chi connectivity index (χ3n) is 3.25. The molecule has 2 N–H and O–H groups in total. The van der Waals surface area contributed by atoms with Crippen LogP contribution in [0.25, 0.3) is 0 Å². The summed E-state index contributed by atoms with van der Waals surface area (Å²) < 4.78 is 36.9. The first-order valence-electron chi connectivity index (χ1n) is 6.38. The number of hydrogen-bond acceptors (Lipinski definition) is 4. The van der Waals surface area contributed by atoms with E-state index in [9.17, 15) is 22.8 Å². The maximum Gasteiger partial charge on any atom is 0.454 e. The Hall–Kier alpha value is -1.79. The van der Waals surface area contributed by atoms with Gasteiger partial charge in [-0.1, -0.05) is 20.8 Å². The fourth-order valence-electron chi connectivity index (χ4n) is 1.59. The smallest absolute Gasteiger partial charge is 0.304 e. The predicted molar refractivity (Wildman–Crippen MR) is 71.7 cm³/mol. The highest BCUT2D eigenvalue weighted by Gasteiger charge is 2.41. The minimum absolute atomic E-state index is 0.0674. The number of rotatable bonds is 2. The van der Waals surface area contributed by atoms with E-state index < -0.39 is 22.8 Å². The fraction of sp³-hybridized carbons (Fsp3) is 0.571. The summed E-state index contributed by atoms with van der Waals surface area (Å²) in [5.41, 5.74) is 4.16. The van der Waals surface area contributed by atoms with Crippen LogP contribution in [0.15, 0.2) is 23.5 Å². The molecule has 0 aromatic rings. The Kier molecular flexibility index (Phi) is 4.27.